The first-order valence-electron chi connectivity index (χ1n) is 20.8. The summed E-state index contributed by atoms with van der Waals surface area (Å²) in [5.41, 5.74) is 16.8. The number of nitrogens with zero attached hydrogens (tertiary/aromatic N) is 3. The molecule has 0 unspecified atom stereocenters. The Morgan fingerprint density at radius 3 is 1.10 bits per heavy atom. The second kappa shape index (κ2) is 15.3. The molecule has 0 aliphatic heterocycles. The topological polar surface area (TPSA) is 38.7 Å². The lowest BCUT2D eigenvalue weighted by molar-refractivity contribution is 0.769. The van der Waals surface area contributed by atoms with Crippen molar-refractivity contribution in [3.8, 4) is 78.7 Å². The van der Waals surface area contributed by atoms with E-state index < -0.39 is 5.41 Å². The molecule has 0 radical (unpaired) electrons. The van der Waals surface area contributed by atoms with Gasteiger partial charge in [0.25, 0.3) is 0 Å². The molecule has 61 heavy (non-hydrogen) atoms. The number of hydrogen-bond acceptors (Lipinski definition) is 3. The smallest absolute Gasteiger partial charge is 0.164 e. The monoisotopic (exact) mass is 777 g/mol. The predicted molar refractivity (Wildman–Crippen MR) is 250 cm³/mol. The van der Waals surface area contributed by atoms with E-state index in [4.69, 9.17) is 15.0 Å². The molecule has 1 heterocycles. The molecule has 11 rings (SSSR count). The summed E-state index contributed by atoms with van der Waals surface area (Å²) in [6.45, 7) is 0. The van der Waals surface area contributed by atoms with Gasteiger partial charge in [-0.25, -0.2) is 15.0 Å². The maximum atomic E-state index is 5.16. The minimum Gasteiger partial charge on any atom is -0.208 e. The van der Waals surface area contributed by atoms with E-state index in [0.29, 0.717) is 17.5 Å². The van der Waals surface area contributed by atoms with Crippen molar-refractivity contribution in [2.75, 3.05) is 0 Å². The van der Waals surface area contributed by atoms with Crippen LogP contribution in [0.15, 0.2) is 237 Å². The number of fused-ring (bicyclic) bond motifs is 3. The summed E-state index contributed by atoms with van der Waals surface area (Å²) in [5, 5.41) is 0. The van der Waals surface area contributed by atoms with Crippen LogP contribution in [0.4, 0.5) is 0 Å². The Labute approximate surface area is 356 Å². The fourth-order valence-electron chi connectivity index (χ4n) is 9.13. The molecule has 1 aliphatic rings. The first-order chi connectivity index (χ1) is 30.2. The maximum absolute atomic E-state index is 5.16. The molecule has 9 aromatic carbocycles. The van der Waals surface area contributed by atoms with Crippen molar-refractivity contribution in [3.63, 3.8) is 0 Å². The highest BCUT2D eigenvalue weighted by atomic mass is 15.0. The van der Waals surface area contributed by atoms with Gasteiger partial charge in [0.2, 0.25) is 0 Å². The third-order valence-electron chi connectivity index (χ3n) is 12.0. The predicted octanol–water partition coefficient (Wildman–Crippen LogP) is 14.2. The zero-order chi connectivity index (χ0) is 40.6. The highest BCUT2D eigenvalue weighted by Gasteiger charge is 2.45. The van der Waals surface area contributed by atoms with Gasteiger partial charge >= 0.3 is 0 Å². The Balaban J connectivity index is 1.03. The van der Waals surface area contributed by atoms with Crippen molar-refractivity contribution >= 4 is 0 Å². The van der Waals surface area contributed by atoms with Crippen LogP contribution in [0.3, 0.4) is 0 Å². The Kier molecular flexibility index (Phi) is 9.05. The molecule has 0 saturated heterocycles. The molecular weight excluding hydrogens is 739 g/mol. The highest BCUT2D eigenvalue weighted by Crippen LogP contribution is 2.56. The Morgan fingerprint density at radius 2 is 0.574 bits per heavy atom. The van der Waals surface area contributed by atoms with Crippen molar-refractivity contribution in [1.29, 1.82) is 0 Å². The van der Waals surface area contributed by atoms with Gasteiger partial charge < -0.3 is 0 Å². The minimum atomic E-state index is -0.480. The Bertz CT molecular complexity index is 3010. The van der Waals surface area contributed by atoms with E-state index in [1.54, 1.807) is 0 Å². The van der Waals surface area contributed by atoms with Crippen LogP contribution in [-0.4, -0.2) is 15.0 Å². The average molecular weight is 778 g/mol. The fraction of sp³-hybridized carbons (Fsp3) is 0.0172. The molecule has 0 fully saturated rings. The van der Waals surface area contributed by atoms with Crippen LogP contribution in [0, 0.1) is 0 Å². The van der Waals surface area contributed by atoms with Crippen molar-refractivity contribution in [2.45, 2.75) is 5.41 Å². The molecule has 1 aliphatic carbocycles. The molecular formula is C58H39N3. The summed E-state index contributed by atoms with van der Waals surface area (Å²) in [4.78, 5) is 15.4. The number of benzene rings is 9. The number of rotatable bonds is 8. The van der Waals surface area contributed by atoms with E-state index in [0.717, 1.165) is 38.9 Å². The SMILES string of the molecule is c1ccc(-c2ccc(-c3nc(-c4ccc(-c5ccccc5)cc4)nc(-c4cccc(-c5cccc(C6(c7ccccc7)c7ccccc7-c7ccccc76)c5)c4)n3)cc2)cc1. The zero-order valence-corrected chi connectivity index (χ0v) is 33.4. The second-order valence-electron chi connectivity index (χ2n) is 15.6. The molecule has 0 atom stereocenters. The summed E-state index contributed by atoms with van der Waals surface area (Å²) < 4.78 is 0. The first-order valence-corrected chi connectivity index (χ1v) is 20.8. The van der Waals surface area contributed by atoms with Gasteiger partial charge in [0.15, 0.2) is 17.5 Å². The third-order valence-corrected chi connectivity index (χ3v) is 12.0. The first kappa shape index (κ1) is 36.1. The molecule has 0 amide bonds. The maximum Gasteiger partial charge on any atom is 0.164 e. The summed E-state index contributed by atoms with van der Waals surface area (Å²) in [5.74, 6) is 1.88. The van der Waals surface area contributed by atoms with Crippen molar-refractivity contribution in [3.05, 3.63) is 259 Å². The lowest BCUT2D eigenvalue weighted by atomic mass is 9.67. The van der Waals surface area contributed by atoms with Gasteiger partial charge in [-0.3, -0.25) is 0 Å². The standard InChI is InChI=1S/C58H39N3/c1-4-16-40(17-5-1)42-30-34-44(35-31-42)55-59-56(45-36-32-43(33-37-45)41-18-6-2-7-19-41)61-57(60-55)48-22-14-20-46(38-48)47-21-15-25-50(39-47)58(49-23-8-3-9-24-49)53-28-12-10-26-51(53)52-27-11-13-29-54(52)58/h1-39H. The summed E-state index contributed by atoms with van der Waals surface area (Å²) in [7, 11) is 0. The molecule has 3 nitrogen and oxygen atoms in total. The normalized spacial score (nSPS) is 12.4. The van der Waals surface area contributed by atoms with Crippen LogP contribution in [0.1, 0.15) is 22.3 Å². The molecule has 0 saturated carbocycles. The third kappa shape index (κ3) is 6.44. The fourth-order valence-corrected chi connectivity index (χ4v) is 9.13. The molecule has 0 spiro atoms. The largest absolute Gasteiger partial charge is 0.208 e. The number of aromatic nitrogens is 3. The lowest BCUT2D eigenvalue weighted by Crippen LogP contribution is -2.28. The van der Waals surface area contributed by atoms with E-state index in [1.165, 1.54) is 44.5 Å². The lowest BCUT2D eigenvalue weighted by Gasteiger charge is -2.34. The highest BCUT2D eigenvalue weighted by molar-refractivity contribution is 5.87. The molecule has 10 aromatic rings. The Morgan fingerprint density at radius 1 is 0.230 bits per heavy atom. The molecule has 0 bridgehead atoms. The van der Waals surface area contributed by atoms with Crippen LogP contribution in [0.2, 0.25) is 0 Å². The molecule has 3 heteroatoms. The summed E-state index contributed by atoms with van der Waals surface area (Å²) in [6.07, 6.45) is 0. The van der Waals surface area contributed by atoms with E-state index in [-0.39, 0.29) is 0 Å². The van der Waals surface area contributed by atoms with Crippen LogP contribution in [0.5, 0.6) is 0 Å². The van der Waals surface area contributed by atoms with Gasteiger partial charge in [0.05, 0.1) is 5.41 Å². The number of hydrogen-bond donors (Lipinski definition) is 0. The summed E-state index contributed by atoms with van der Waals surface area (Å²) >= 11 is 0. The van der Waals surface area contributed by atoms with E-state index in [2.05, 4.69) is 224 Å². The molecule has 1 aromatic heterocycles. The quantitative estimate of drug-likeness (QED) is 0.154. The minimum absolute atomic E-state index is 0.480. The van der Waals surface area contributed by atoms with E-state index in [9.17, 15) is 0 Å². The van der Waals surface area contributed by atoms with E-state index >= 15 is 0 Å². The molecule has 0 N–H and O–H groups in total. The van der Waals surface area contributed by atoms with Crippen LogP contribution in [-0.2, 0) is 5.41 Å². The Hall–Kier alpha value is -8.01. The van der Waals surface area contributed by atoms with Crippen LogP contribution in [0.25, 0.3) is 78.7 Å². The van der Waals surface area contributed by atoms with Gasteiger partial charge in [0.1, 0.15) is 0 Å². The summed E-state index contributed by atoms with van der Waals surface area (Å²) in [6, 6.07) is 84.2. The van der Waals surface area contributed by atoms with Crippen LogP contribution >= 0.6 is 0 Å². The van der Waals surface area contributed by atoms with Gasteiger partial charge in [-0.15, -0.1) is 0 Å². The van der Waals surface area contributed by atoms with Gasteiger partial charge in [-0.2, -0.15) is 0 Å². The van der Waals surface area contributed by atoms with Crippen molar-refractivity contribution < 1.29 is 0 Å². The van der Waals surface area contributed by atoms with Crippen molar-refractivity contribution in [1.82, 2.24) is 15.0 Å². The van der Waals surface area contributed by atoms with Gasteiger partial charge in [-0.1, -0.05) is 224 Å². The van der Waals surface area contributed by atoms with Gasteiger partial charge in [-0.05, 0) is 78.9 Å². The average Bonchev–Trinajstić information content (AvgIpc) is 3.66. The van der Waals surface area contributed by atoms with Gasteiger partial charge in [0, 0.05) is 16.7 Å². The van der Waals surface area contributed by atoms with E-state index in [1.807, 2.05) is 12.1 Å². The molecule has 286 valence electrons. The zero-order valence-electron chi connectivity index (χ0n) is 33.4. The second-order valence-corrected chi connectivity index (χ2v) is 15.6. The van der Waals surface area contributed by atoms with Crippen molar-refractivity contribution in [2.24, 2.45) is 0 Å². The van der Waals surface area contributed by atoms with Crippen LogP contribution < -0.4 is 0 Å².